The molecule has 1 aromatic rings. The molecule has 2 unspecified atom stereocenters. The highest BCUT2D eigenvalue weighted by atomic mass is 32.2. The summed E-state index contributed by atoms with van der Waals surface area (Å²) in [5, 5.41) is 3.15. The van der Waals surface area contributed by atoms with Gasteiger partial charge in [0.05, 0.1) is 0 Å². The van der Waals surface area contributed by atoms with Gasteiger partial charge in [0.2, 0.25) is 10.0 Å². The van der Waals surface area contributed by atoms with E-state index in [1.165, 1.54) is 16.6 Å². The van der Waals surface area contributed by atoms with Crippen molar-refractivity contribution in [1.82, 2.24) is 14.6 Å². The average molecular weight is 410 g/mol. The van der Waals surface area contributed by atoms with Gasteiger partial charge in [-0.3, -0.25) is 4.79 Å². The fraction of sp³-hybridized carbons (Fsp3) is 0.684. The normalized spacial score (nSPS) is 25.8. The summed E-state index contributed by atoms with van der Waals surface area (Å²) in [4.78, 5) is 18.8. The highest BCUT2D eigenvalue weighted by Crippen LogP contribution is 2.39. The largest absolute Gasteiger partial charge is 0.365 e. The first kappa shape index (κ1) is 21.0. The molecule has 0 radical (unpaired) electrons. The molecule has 2 aliphatic rings. The van der Waals surface area contributed by atoms with Crippen LogP contribution in [0.25, 0.3) is 0 Å². The number of amides is 1. The Hall–Kier alpha value is -1.71. The zero-order chi connectivity index (χ0) is 20.7. The number of likely N-dealkylation sites (N-methyl/N-ethyl adjacent to an activating group) is 1. The summed E-state index contributed by atoms with van der Waals surface area (Å²) in [7, 11) is -2.03. The molecule has 3 rings (SSSR count). The third-order valence-corrected chi connectivity index (χ3v) is 7.79. The molecule has 156 valence electrons. The molecule has 1 amide bonds. The molecule has 2 atom stereocenters. The third-order valence-electron chi connectivity index (χ3n) is 5.88. The second-order valence-electron chi connectivity index (χ2n) is 8.60. The average Bonchev–Trinajstić information content (AvgIpc) is 2.93. The number of piperidine rings is 1. The zero-order valence-corrected chi connectivity index (χ0v) is 17.9. The molecular formula is C19H31N5O3S. The van der Waals surface area contributed by atoms with Crippen molar-refractivity contribution in [1.29, 1.82) is 0 Å². The molecular weight excluding hydrogens is 378 g/mol. The number of nitrogens with zero attached hydrogens (tertiary/aromatic N) is 3. The Balaban J connectivity index is 2.08. The Morgan fingerprint density at radius 1 is 1.36 bits per heavy atom. The van der Waals surface area contributed by atoms with Crippen molar-refractivity contribution >= 4 is 21.7 Å². The van der Waals surface area contributed by atoms with Crippen LogP contribution in [0.2, 0.25) is 0 Å². The van der Waals surface area contributed by atoms with E-state index in [4.69, 9.17) is 5.73 Å². The number of carbonyl (C=O) groups is 1. The number of anilines is 1. The predicted molar refractivity (Wildman–Crippen MR) is 109 cm³/mol. The first-order valence-electron chi connectivity index (χ1n) is 9.82. The minimum atomic E-state index is -3.86. The van der Waals surface area contributed by atoms with E-state index < -0.39 is 15.9 Å². The number of nitrogens with two attached hydrogens (primary N) is 1. The van der Waals surface area contributed by atoms with Crippen LogP contribution in [0.3, 0.4) is 0 Å². The van der Waals surface area contributed by atoms with E-state index in [-0.39, 0.29) is 22.0 Å². The van der Waals surface area contributed by atoms with E-state index in [1.54, 1.807) is 0 Å². The van der Waals surface area contributed by atoms with Gasteiger partial charge in [-0.1, -0.05) is 6.92 Å². The van der Waals surface area contributed by atoms with Crippen molar-refractivity contribution in [3.8, 4) is 0 Å². The zero-order valence-electron chi connectivity index (χ0n) is 17.1. The van der Waals surface area contributed by atoms with Crippen LogP contribution in [0.5, 0.6) is 0 Å². The minimum absolute atomic E-state index is 0.00347. The Morgan fingerprint density at radius 3 is 2.64 bits per heavy atom. The van der Waals surface area contributed by atoms with Gasteiger partial charge in [-0.15, -0.1) is 0 Å². The van der Waals surface area contributed by atoms with E-state index in [0.717, 1.165) is 19.3 Å². The molecule has 2 saturated heterocycles. The van der Waals surface area contributed by atoms with Crippen LogP contribution < -0.4 is 16.0 Å². The van der Waals surface area contributed by atoms with Crippen LogP contribution in [0.1, 0.15) is 50.4 Å². The van der Waals surface area contributed by atoms with Crippen LogP contribution >= 0.6 is 0 Å². The van der Waals surface area contributed by atoms with E-state index in [9.17, 15) is 13.2 Å². The van der Waals surface area contributed by atoms with E-state index in [1.807, 2.05) is 11.9 Å². The molecule has 1 aromatic heterocycles. The first-order valence-corrected chi connectivity index (χ1v) is 11.3. The number of aromatic nitrogens is 1. The lowest BCUT2D eigenvalue weighted by Crippen LogP contribution is -2.47. The van der Waals surface area contributed by atoms with Crippen molar-refractivity contribution in [2.45, 2.75) is 56.5 Å². The van der Waals surface area contributed by atoms with E-state index in [0.29, 0.717) is 31.4 Å². The number of carbonyl (C=O) groups excluding carboxylic acids is 1. The van der Waals surface area contributed by atoms with Gasteiger partial charge in [0.1, 0.15) is 16.3 Å². The number of hydrogen-bond acceptors (Lipinski definition) is 6. The first-order chi connectivity index (χ1) is 13.1. The van der Waals surface area contributed by atoms with Crippen molar-refractivity contribution in [3.05, 3.63) is 17.8 Å². The molecule has 0 saturated carbocycles. The Labute approximate surface area is 167 Å². The number of pyridine rings is 1. The Kier molecular flexibility index (Phi) is 5.71. The third kappa shape index (κ3) is 3.75. The lowest BCUT2D eigenvalue weighted by atomic mass is 9.97. The smallest absolute Gasteiger partial charge is 0.253 e. The van der Waals surface area contributed by atoms with Gasteiger partial charge in [0.25, 0.3) is 5.91 Å². The number of sulfonamides is 1. The second-order valence-corrected chi connectivity index (χ2v) is 10.5. The van der Waals surface area contributed by atoms with Gasteiger partial charge in [0.15, 0.2) is 0 Å². The van der Waals surface area contributed by atoms with Gasteiger partial charge < -0.3 is 16.0 Å². The van der Waals surface area contributed by atoms with Crippen LogP contribution in [-0.2, 0) is 10.0 Å². The van der Waals surface area contributed by atoms with Gasteiger partial charge in [0, 0.05) is 37.4 Å². The topological polar surface area (TPSA) is 109 Å². The van der Waals surface area contributed by atoms with E-state index in [2.05, 4.69) is 31.1 Å². The maximum absolute atomic E-state index is 13.4. The quantitative estimate of drug-likeness (QED) is 0.756. The second kappa shape index (κ2) is 7.61. The van der Waals surface area contributed by atoms with Gasteiger partial charge >= 0.3 is 0 Å². The lowest BCUT2D eigenvalue weighted by Gasteiger charge is -2.35. The maximum atomic E-state index is 13.4. The molecule has 2 fully saturated rings. The fourth-order valence-electron chi connectivity index (χ4n) is 4.58. The summed E-state index contributed by atoms with van der Waals surface area (Å²) in [6.07, 6.45) is 4.09. The molecule has 28 heavy (non-hydrogen) atoms. The molecule has 0 bridgehead atoms. The van der Waals surface area contributed by atoms with Crippen molar-refractivity contribution in [2.75, 3.05) is 31.6 Å². The van der Waals surface area contributed by atoms with Crippen LogP contribution in [0, 0.1) is 5.92 Å². The van der Waals surface area contributed by atoms with E-state index >= 15 is 0 Å². The molecule has 8 nitrogen and oxygen atoms in total. The van der Waals surface area contributed by atoms with Crippen LogP contribution in [0.15, 0.2) is 17.2 Å². The molecule has 3 N–H and O–H groups in total. The molecule has 9 heteroatoms. The fourth-order valence-corrected chi connectivity index (χ4v) is 6.29. The van der Waals surface area contributed by atoms with Crippen LogP contribution in [-0.4, -0.2) is 61.9 Å². The summed E-state index contributed by atoms with van der Waals surface area (Å²) in [6.45, 7) is 7.80. The molecule has 2 aliphatic heterocycles. The van der Waals surface area contributed by atoms with Crippen molar-refractivity contribution in [3.63, 3.8) is 0 Å². The Morgan fingerprint density at radius 2 is 2.07 bits per heavy atom. The standard InChI is InChI=1S/C19H31N5O3S/c1-13-10-19(2,3)24(11-13)18-16(17(20)25)15(7-8-22-18)28(26,27)23-9-5-6-14(12-23)21-4/h7-8,13-14,21H,5-6,9-12H2,1-4H3,(H2,20,25). The molecule has 0 aliphatic carbocycles. The van der Waals surface area contributed by atoms with Gasteiger partial charge in [-0.2, -0.15) is 4.31 Å². The lowest BCUT2D eigenvalue weighted by molar-refractivity contribution is 0.0997. The van der Waals surface area contributed by atoms with Crippen molar-refractivity contribution < 1.29 is 13.2 Å². The van der Waals surface area contributed by atoms with Gasteiger partial charge in [-0.25, -0.2) is 13.4 Å². The summed E-state index contributed by atoms with van der Waals surface area (Å²) >= 11 is 0. The summed E-state index contributed by atoms with van der Waals surface area (Å²) < 4.78 is 28.3. The van der Waals surface area contributed by atoms with Crippen molar-refractivity contribution in [2.24, 2.45) is 11.7 Å². The SMILES string of the molecule is CNC1CCCN(S(=O)(=O)c2ccnc(N3CC(C)CC3(C)C)c2C(N)=O)C1. The number of primary amides is 1. The Bertz CT molecular complexity index is 855. The summed E-state index contributed by atoms with van der Waals surface area (Å²) in [5.41, 5.74) is 5.45. The monoisotopic (exact) mass is 409 g/mol. The maximum Gasteiger partial charge on any atom is 0.253 e. The minimum Gasteiger partial charge on any atom is -0.365 e. The van der Waals surface area contributed by atoms with Crippen LogP contribution in [0.4, 0.5) is 5.82 Å². The summed E-state index contributed by atoms with van der Waals surface area (Å²) in [6, 6.07) is 1.49. The molecule has 0 aromatic carbocycles. The number of rotatable bonds is 5. The molecule has 3 heterocycles. The predicted octanol–water partition coefficient (Wildman–Crippen LogP) is 1.18. The number of hydrogen-bond donors (Lipinski definition) is 2. The highest BCUT2D eigenvalue weighted by Gasteiger charge is 2.41. The summed E-state index contributed by atoms with van der Waals surface area (Å²) in [5.74, 6) is 0.0144. The number of nitrogens with one attached hydrogen (secondary N) is 1. The molecule has 0 spiro atoms. The highest BCUT2D eigenvalue weighted by molar-refractivity contribution is 7.89. The van der Waals surface area contributed by atoms with Gasteiger partial charge in [-0.05, 0) is 52.1 Å².